The van der Waals surface area contributed by atoms with Gasteiger partial charge in [0.1, 0.15) is 18.5 Å². The van der Waals surface area contributed by atoms with E-state index >= 15 is 0 Å². The lowest BCUT2D eigenvalue weighted by atomic mass is 10.1. The first kappa shape index (κ1) is 17.8. The molecule has 3 rings (SSSR count). The molecule has 1 aliphatic rings. The van der Waals surface area contributed by atoms with Gasteiger partial charge in [-0.15, -0.1) is 10.2 Å². The van der Waals surface area contributed by atoms with E-state index in [2.05, 4.69) is 26.5 Å². The molecule has 1 aromatic carbocycles. The molecule has 1 fully saturated rings. The Morgan fingerprint density at radius 2 is 2.28 bits per heavy atom. The Kier molecular flexibility index (Phi) is 5.62. The molecule has 0 aliphatic carbocycles. The van der Waals surface area contributed by atoms with Crippen molar-refractivity contribution in [1.29, 1.82) is 0 Å². The van der Waals surface area contributed by atoms with Gasteiger partial charge in [0.25, 0.3) is 5.91 Å². The summed E-state index contributed by atoms with van der Waals surface area (Å²) in [5.41, 5.74) is 2.28. The van der Waals surface area contributed by atoms with Crippen molar-refractivity contribution in [3.8, 4) is 5.75 Å². The molecule has 1 aliphatic heterocycles. The van der Waals surface area contributed by atoms with Gasteiger partial charge in [0.2, 0.25) is 5.13 Å². The van der Waals surface area contributed by atoms with E-state index in [-0.39, 0.29) is 5.91 Å². The summed E-state index contributed by atoms with van der Waals surface area (Å²) in [6.07, 6.45) is -0.474. The number of aryl methyl sites for hydroxylation is 2. The standard InChI is InChI=1S/C17H22N4O3S/c1-11-4-5-13(12(2)8-11)24-10-15-19-20-17(25-15)18-16(22)14-9-21(3)6-7-23-14/h4-5,8,14H,6-7,9-10H2,1-3H3,(H,18,20,22). The topological polar surface area (TPSA) is 76.6 Å². The van der Waals surface area contributed by atoms with Crippen LogP contribution in [0.1, 0.15) is 16.1 Å². The number of hydrogen-bond acceptors (Lipinski definition) is 7. The average molecular weight is 362 g/mol. The minimum Gasteiger partial charge on any atom is -0.486 e. The van der Waals surface area contributed by atoms with Crippen molar-refractivity contribution in [2.24, 2.45) is 0 Å². The van der Waals surface area contributed by atoms with Crippen LogP contribution >= 0.6 is 11.3 Å². The van der Waals surface area contributed by atoms with Crippen LogP contribution in [-0.4, -0.2) is 53.9 Å². The Hall–Kier alpha value is -2.03. The van der Waals surface area contributed by atoms with Crippen molar-refractivity contribution < 1.29 is 14.3 Å². The van der Waals surface area contributed by atoms with Gasteiger partial charge in [0.15, 0.2) is 5.01 Å². The molecular formula is C17H22N4O3S. The zero-order valence-corrected chi connectivity index (χ0v) is 15.4. The maximum atomic E-state index is 12.2. The van der Waals surface area contributed by atoms with Gasteiger partial charge in [-0.1, -0.05) is 29.0 Å². The first-order valence-electron chi connectivity index (χ1n) is 8.14. The summed E-state index contributed by atoms with van der Waals surface area (Å²) in [4.78, 5) is 14.3. The van der Waals surface area contributed by atoms with Gasteiger partial charge in [-0.2, -0.15) is 0 Å². The number of rotatable bonds is 5. The van der Waals surface area contributed by atoms with Crippen molar-refractivity contribution in [3.63, 3.8) is 0 Å². The molecule has 2 heterocycles. The van der Waals surface area contributed by atoms with E-state index in [0.29, 0.717) is 29.9 Å². The third kappa shape index (κ3) is 4.75. The van der Waals surface area contributed by atoms with Crippen LogP contribution in [0.15, 0.2) is 18.2 Å². The highest BCUT2D eigenvalue weighted by molar-refractivity contribution is 7.15. The number of morpholine rings is 1. The number of carbonyl (C=O) groups excluding carboxylic acids is 1. The Morgan fingerprint density at radius 1 is 1.44 bits per heavy atom. The number of amides is 1. The lowest BCUT2D eigenvalue weighted by Crippen LogP contribution is -2.46. The van der Waals surface area contributed by atoms with E-state index in [9.17, 15) is 4.79 Å². The molecule has 0 saturated carbocycles. The number of aromatic nitrogens is 2. The average Bonchev–Trinajstić information content (AvgIpc) is 3.01. The number of likely N-dealkylation sites (N-methyl/N-ethyl adjacent to an activating group) is 1. The molecule has 1 unspecified atom stereocenters. The van der Waals surface area contributed by atoms with Crippen LogP contribution in [0, 0.1) is 13.8 Å². The summed E-state index contributed by atoms with van der Waals surface area (Å²) in [5, 5.41) is 12.0. The van der Waals surface area contributed by atoms with E-state index in [1.807, 2.05) is 33.0 Å². The fraction of sp³-hybridized carbons (Fsp3) is 0.471. The fourth-order valence-electron chi connectivity index (χ4n) is 2.59. The molecule has 1 saturated heterocycles. The van der Waals surface area contributed by atoms with Crippen molar-refractivity contribution in [2.45, 2.75) is 26.6 Å². The SMILES string of the molecule is Cc1ccc(OCc2nnc(NC(=O)C3CN(C)CCO3)s2)c(C)c1. The van der Waals surface area contributed by atoms with Crippen molar-refractivity contribution in [3.05, 3.63) is 34.3 Å². The van der Waals surface area contributed by atoms with E-state index in [4.69, 9.17) is 9.47 Å². The van der Waals surface area contributed by atoms with E-state index < -0.39 is 6.10 Å². The number of carbonyl (C=O) groups is 1. The number of anilines is 1. The second-order valence-corrected chi connectivity index (χ2v) is 7.23. The molecule has 7 nitrogen and oxygen atoms in total. The van der Waals surface area contributed by atoms with Gasteiger partial charge < -0.3 is 14.4 Å². The van der Waals surface area contributed by atoms with Crippen LogP contribution in [0.2, 0.25) is 0 Å². The van der Waals surface area contributed by atoms with Gasteiger partial charge in [0, 0.05) is 13.1 Å². The Balaban J connectivity index is 1.54. The number of nitrogens with one attached hydrogen (secondary N) is 1. The summed E-state index contributed by atoms with van der Waals surface area (Å²) < 4.78 is 11.3. The predicted octanol–water partition coefficient (Wildman–Crippen LogP) is 2.00. The highest BCUT2D eigenvalue weighted by atomic mass is 32.1. The first-order valence-corrected chi connectivity index (χ1v) is 8.96. The zero-order valence-electron chi connectivity index (χ0n) is 14.6. The number of nitrogens with zero attached hydrogens (tertiary/aromatic N) is 3. The van der Waals surface area contributed by atoms with E-state index in [1.165, 1.54) is 16.9 Å². The molecule has 1 atom stereocenters. The maximum Gasteiger partial charge on any atom is 0.256 e. The molecule has 1 amide bonds. The summed E-state index contributed by atoms with van der Waals surface area (Å²) >= 11 is 1.31. The Labute approximate surface area is 151 Å². The molecule has 8 heteroatoms. The molecule has 0 bridgehead atoms. The zero-order chi connectivity index (χ0) is 17.8. The minimum atomic E-state index is -0.474. The lowest BCUT2D eigenvalue weighted by Gasteiger charge is -2.28. The summed E-state index contributed by atoms with van der Waals surface area (Å²) in [7, 11) is 1.97. The van der Waals surface area contributed by atoms with Crippen LogP contribution in [0.5, 0.6) is 5.75 Å². The highest BCUT2D eigenvalue weighted by Crippen LogP contribution is 2.22. The van der Waals surface area contributed by atoms with E-state index in [1.54, 1.807) is 0 Å². The Morgan fingerprint density at radius 3 is 3.04 bits per heavy atom. The number of hydrogen-bond donors (Lipinski definition) is 1. The summed E-state index contributed by atoms with van der Waals surface area (Å²) in [5.74, 6) is 0.634. The van der Waals surface area contributed by atoms with Crippen molar-refractivity contribution >= 4 is 22.4 Å². The van der Waals surface area contributed by atoms with Gasteiger partial charge in [-0.05, 0) is 32.5 Å². The monoisotopic (exact) mass is 362 g/mol. The molecule has 0 radical (unpaired) electrons. The van der Waals surface area contributed by atoms with Crippen LogP contribution in [0.3, 0.4) is 0 Å². The van der Waals surface area contributed by atoms with Gasteiger partial charge >= 0.3 is 0 Å². The Bertz CT molecular complexity index is 749. The number of benzene rings is 1. The van der Waals surface area contributed by atoms with Crippen molar-refractivity contribution in [1.82, 2.24) is 15.1 Å². The molecule has 25 heavy (non-hydrogen) atoms. The quantitative estimate of drug-likeness (QED) is 0.877. The van der Waals surface area contributed by atoms with Crippen LogP contribution in [0.25, 0.3) is 0 Å². The summed E-state index contributed by atoms with van der Waals surface area (Å²) in [6.45, 7) is 6.34. The van der Waals surface area contributed by atoms with Gasteiger partial charge in [-0.25, -0.2) is 0 Å². The molecular weight excluding hydrogens is 340 g/mol. The van der Waals surface area contributed by atoms with Crippen LogP contribution in [0.4, 0.5) is 5.13 Å². The van der Waals surface area contributed by atoms with Gasteiger partial charge in [-0.3, -0.25) is 10.1 Å². The normalized spacial score (nSPS) is 18.1. The second kappa shape index (κ2) is 7.90. The second-order valence-electron chi connectivity index (χ2n) is 6.17. The first-order chi connectivity index (χ1) is 12.0. The molecule has 1 aromatic heterocycles. The highest BCUT2D eigenvalue weighted by Gasteiger charge is 2.25. The van der Waals surface area contributed by atoms with Crippen LogP contribution < -0.4 is 10.1 Å². The third-order valence-electron chi connectivity index (χ3n) is 3.94. The van der Waals surface area contributed by atoms with E-state index in [0.717, 1.165) is 17.9 Å². The fourth-order valence-corrected chi connectivity index (χ4v) is 3.24. The number of ether oxygens (including phenoxy) is 2. The van der Waals surface area contributed by atoms with Crippen molar-refractivity contribution in [2.75, 3.05) is 32.1 Å². The molecule has 1 N–H and O–H groups in total. The maximum absolute atomic E-state index is 12.2. The molecule has 2 aromatic rings. The smallest absolute Gasteiger partial charge is 0.256 e. The lowest BCUT2D eigenvalue weighted by molar-refractivity contribution is -0.132. The molecule has 134 valence electrons. The summed E-state index contributed by atoms with van der Waals surface area (Å²) in [6, 6.07) is 6.03. The largest absolute Gasteiger partial charge is 0.486 e. The van der Waals surface area contributed by atoms with Crippen LogP contribution in [-0.2, 0) is 16.1 Å². The molecule has 0 spiro atoms. The van der Waals surface area contributed by atoms with Gasteiger partial charge in [0.05, 0.1) is 6.61 Å². The third-order valence-corrected chi connectivity index (χ3v) is 4.75. The minimum absolute atomic E-state index is 0.190. The predicted molar refractivity (Wildman–Crippen MR) is 96.0 cm³/mol.